The van der Waals surface area contributed by atoms with E-state index in [1.165, 1.54) is 18.6 Å². The highest BCUT2D eigenvalue weighted by atomic mass is 16.5. The molecule has 1 heterocycles. The summed E-state index contributed by atoms with van der Waals surface area (Å²) in [5.41, 5.74) is 1.11. The van der Waals surface area contributed by atoms with Crippen LogP contribution in [-0.4, -0.2) is 28.5 Å². The van der Waals surface area contributed by atoms with Crippen LogP contribution in [0.15, 0.2) is 48.9 Å². The Morgan fingerprint density at radius 2 is 2.00 bits per heavy atom. The fourth-order valence-electron chi connectivity index (χ4n) is 2.14. The number of benzene rings is 1. The van der Waals surface area contributed by atoms with E-state index in [1.807, 2.05) is 30.3 Å². The average molecular weight is 313 g/mol. The Hall–Kier alpha value is -2.76. The highest BCUT2D eigenvalue weighted by Crippen LogP contribution is 2.17. The second-order valence-corrected chi connectivity index (χ2v) is 4.99. The summed E-state index contributed by atoms with van der Waals surface area (Å²) < 4.78 is 4.95. The van der Waals surface area contributed by atoms with Crippen molar-refractivity contribution in [1.29, 1.82) is 0 Å². The molecule has 6 nitrogen and oxygen atoms in total. The lowest BCUT2D eigenvalue weighted by molar-refractivity contribution is -0.125. The Morgan fingerprint density at radius 1 is 1.22 bits per heavy atom. The third kappa shape index (κ3) is 5.18. The number of carbonyl (C=O) groups is 2. The number of nitrogens with zero attached hydrogens (tertiary/aromatic N) is 2. The Kier molecular flexibility index (Phi) is 6.23. The molecule has 2 aromatic rings. The van der Waals surface area contributed by atoms with Gasteiger partial charge in [0.25, 0.3) is 5.91 Å². The molecule has 1 aromatic heterocycles. The van der Waals surface area contributed by atoms with E-state index in [4.69, 9.17) is 4.74 Å². The molecular weight excluding hydrogens is 294 g/mol. The smallest absolute Gasteiger partial charge is 0.359 e. The fraction of sp³-hybridized carbons (Fsp3) is 0.294. The van der Waals surface area contributed by atoms with Crippen LogP contribution >= 0.6 is 0 Å². The molecule has 0 saturated heterocycles. The van der Waals surface area contributed by atoms with Gasteiger partial charge in [0.2, 0.25) is 0 Å². The number of aromatic nitrogens is 2. The summed E-state index contributed by atoms with van der Waals surface area (Å²) in [6, 6.07) is 9.62. The van der Waals surface area contributed by atoms with Crippen molar-refractivity contribution < 1.29 is 14.3 Å². The molecular formula is C17H19N3O3. The van der Waals surface area contributed by atoms with Crippen molar-refractivity contribution in [3.05, 3.63) is 60.2 Å². The summed E-state index contributed by atoms with van der Waals surface area (Å²) in [5, 5.41) is 2.89. The number of amides is 1. The van der Waals surface area contributed by atoms with Gasteiger partial charge in [-0.25, -0.2) is 9.78 Å². The van der Waals surface area contributed by atoms with Crippen molar-refractivity contribution in [1.82, 2.24) is 15.3 Å². The maximum Gasteiger partial charge on any atom is 0.359 e. The molecule has 0 fully saturated rings. The molecule has 0 aliphatic rings. The van der Waals surface area contributed by atoms with Gasteiger partial charge < -0.3 is 10.1 Å². The summed E-state index contributed by atoms with van der Waals surface area (Å²) in [6.45, 7) is 1.71. The van der Waals surface area contributed by atoms with Crippen LogP contribution in [0.25, 0.3) is 0 Å². The lowest BCUT2D eigenvalue weighted by Gasteiger charge is -2.18. The number of rotatable bonds is 7. The van der Waals surface area contributed by atoms with Crippen LogP contribution in [0, 0.1) is 0 Å². The van der Waals surface area contributed by atoms with E-state index in [0.29, 0.717) is 0 Å². The van der Waals surface area contributed by atoms with Gasteiger partial charge >= 0.3 is 5.97 Å². The lowest BCUT2D eigenvalue weighted by Crippen LogP contribution is -2.32. The van der Waals surface area contributed by atoms with Crippen LogP contribution in [0.5, 0.6) is 0 Å². The first-order chi connectivity index (χ1) is 11.2. The molecule has 1 aromatic carbocycles. The van der Waals surface area contributed by atoms with Gasteiger partial charge in [-0.15, -0.1) is 0 Å². The first-order valence-corrected chi connectivity index (χ1v) is 7.48. The highest BCUT2D eigenvalue weighted by Gasteiger charge is 2.16. The highest BCUT2D eigenvalue weighted by molar-refractivity contribution is 5.89. The summed E-state index contributed by atoms with van der Waals surface area (Å²) >= 11 is 0. The largest absolute Gasteiger partial charge is 0.451 e. The number of esters is 1. The number of hydrogen-bond acceptors (Lipinski definition) is 5. The predicted molar refractivity (Wildman–Crippen MR) is 84.5 cm³/mol. The van der Waals surface area contributed by atoms with E-state index < -0.39 is 5.97 Å². The second-order valence-electron chi connectivity index (χ2n) is 4.99. The molecule has 0 saturated carbocycles. The minimum absolute atomic E-state index is 0.0773. The Morgan fingerprint density at radius 3 is 2.65 bits per heavy atom. The SMILES string of the molecule is CCC[C@H](NC(=O)COC(=O)c1cnccn1)c1ccccc1. The van der Waals surface area contributed by atoms with E-state index >= 15 is 0 Å². The molecule has 0 radical (unpaired) electrons. The van der Waals surface area contributed by atoms with Crippen molar-refractivity contribution in [3.63, 3.8) is 0 Å². The van der Waals surface area contributed by atoms with Gasteiger partial charge in [-0.2, -0.15) is 0 Å². The fourth-order valence-corrected chi connectivity index (χ4v) is 2.14. The van der Waals surface area contributed by atoms with E-state index in [-0.39, 0.29) is 24.2 Å². The average Bonchev–Trinajstić information content (AvgIpc) is 2.61. The van der Waals surface area contributed by atoms with E-state index in [0.717, 1.165) is 18.4 Å². The topological polar surface area (TPSA) is 81.2 Å². The maximum atomic E-state index is 12.0. The molecule has 0 spiro atoms. The summed E-state index contributed by atoms with van der Waals surface area (Å²) in [4.78, 5) is 31.3. The Balaban J connectivity index is 1.88. The van der Waals surface area contributed by atoms with Gasteiger partial charge in [-0.05, 0) is 12.0 Å². The van der Waals surface area contributed by atoms with Crippen molar-refractivity contribution in [2.75, 3.05) is 6.61 Å². The van der Waals surface area contributed by atoms with Crippen LogP contribution in [0.3, 0.4) is 0 Å². The van der Waals surface area contributed by atoms with Gasteiger partial charge in [0.1, 0.15) is 0 Å². The number of nitrogens with one attached hydrogen (secondary N) is 1. The van der Waals surface area contributed by atoms with Crippen molar-refractivity contribution in [3.8, 4) is 0 Å². The third-order valence-electron chi connectivity index (χ3n) is 3.22. The van der Waals surface area contributed by atoms with Crippen LogP contribution in [0.1, 0.15) is 41.9 Å². The van der Waals surface area contributed by atoms with Gasteiger partial charge in [-0.1, -0.05) is 43.7 Å². The minimum Gasteiger partial charge on any atom is -0.451 e. The normalized spacial score (nSPS) is 11.5. The van der Waals surface area contributed by atoms with Crippen molar-refractivity contribution >= 4 is 11.9 Å². The van der Waals surface area contributed by atoms with Crippen LogP contribution < -0.4 is 5.32 Å². The molecule has 0 aliphatic heterocycles. The molecule has 23 heavy (non-hydrogen) atoms. The molecule has 0 bridgehead atoms. The predicted octanol–water partition coefficient (Wildman–Crippen LogP) is 2.29. The standard InChI is InChI=1S/C17H19N3O3/c1-2-6-14(13-7-4-3-5-8-13)20-16(21)12-23-17(22)15-11-18-9-10-19-15/h3-5,7-11,14H,2,6,12H2,1H3,(H,20,21)/t14-/m0/s1. The molecule has 1 amide bonds. The quantitative estimate of drug-likeness (QED) is 0.793. The molecule has 1 N–H and O–H groups in total. The van der Waals surface area contributed by atoms with Gasteiger partial charge in [0.15, 0.2) is 12.3 Å². The maximum absolute atomic E-state index is 12.0. The zero-order chi connectivity index (χ0) is 16.5. The van der Waals surface area contributed by atoms with Gasteiger partial charge in [0, 0.05) is 12.4 Å². The molecule has 120 valence electrons. The van der Waals surface area contributed by atoms with E-state index in [2.05, 4.69) is 22.2 Å². The first-order valence-electron chi connectivity index (χ1n) is 7.48. The Bertz CT molecular complexity index is 632. The number of ether oxygens (including phenoxy) is 1. The zero-order valence-corrected chi connectivity index (χ0v) is 12.9. The van der Waals surface area contributed by atoms with Crippen LogP contribution in [0.2, 0.25) is 0 Å². The van der Waals surface area contributed by atoms with Crippen LogP contribution in [-0.2, 0) is 9.53 Å². The molecule has 0 aliphatic carbocycles. The van der Waals surface area contributed by atoms with E-state index in [1.54, 1.807) is 0 Å². The second kappa shape index (κ2) is 8.63. The summed E-state index contributed by atoms with van der Waals surface area (Å²) in [5.74, 6) is -1.01. The monoisotopic (exact) mass is 313 g/mol. The van der Waals surface area contributed by atoms with Crippen molar-refractivity contribution in [2.45, 2.75) is 25.8 Å². The molecule has 6 heteroatoms. The van der Waals surface area contributed by atoms with E-state index in [9.17, 15) is 9.59 Å². The molecule has 2 rings (SSSR count). The summed E-state index contributed by atoms with van der Waals surface area (Å²) in [6.07, 6.45) is 5.89. The molecule has 1 atom stereocenters. The van der Waals surface area contributed by atoms with Gasteiger partial charge in [-0.3, -0.25) is 9.78 Å². The minimum atomic E-state index is -0.667. The number of carbonyl (C=O) groups excluding carboxylic acids is 2. The van der Waals surface area contributed by atoms with Gasteiger partial charge in [0.05, 0.1) is 12.2 Å². The third-order valence-corrected chi connectivity index (χ3v) is 3.22. The summed E-state index contributed by atoms with van der Waals surface area (Å²) in [7, 11) is 0. The molecule has 0 unspecified atom stereocenters. The first kappa shape index (κ1) is 16.6. The van der Waals surface area contributed by atoms with Crippen molar-refractivity contribution in [2.24, 2.45) is 0 Å². The number of hydrogen-bond donors (Lipinski definition) is 1. The Labute approximate surface area is 134 Å². The lowest BCUT2D eigenvalue weighted by atomic mass is 10.0. The zero-order valence-electron chi connectivity index (χ0n) is 12.9. The van der Waals surface area contributed by atoms with Crippen LogP contribution in [0.4, 0.5) is 0 Å².